The van der Waals surface area contributed by atoms with E-state index in [9.17, 15) is 0 Å². The molecule has 4 heteroatoms. The van der Waals surface area contributed by atoms with E-state index in [0.717, 1.165) is 49.2 Å². The zero-order valence-corrected chi connectivity index (χ0v) is 14.6. The van der Waals surface area contributed by atoms with Crippen molar-refractivity contribution in [2.75, 3.05) is 0 Å². The normalized spacial score (nSPS) is 19.0. The maximum atomic E-state index is 5.82. The van der Waals surface area contributed by atoms with Crippen molar-refractivity contribution in [3.63, 3.8) is 0 Å². The fourth-order valence-electron chi connectivity index (χ4n) is 3.07. The molecule has 0 fully saturated rings. The first-order valence-corrected chi connectivity index (χ1v) is 8.61. The molecule has 1 aliphatic rings. The summed E-state index contributed by atoms with van der Waals surface area (Å²) in [6.07, 6.45) is 9.90. The lowest BCUT2D eigenvalue weighted by Crippen LogP contribution is -2.29. The Balaban J connectivity index is 1.56. The Labute approximate surface area is 149 Å². The van der Waals surface area contributed by atoms with Crippen LogP contribution in [-0.4, -0.2) is 21.3 Å². The van der Waals surface area contributed by atoms with Crippen molar-refractivity contribution in [1.82, 2.24) is 9.97 Å². The highest BCUT2D eigenvalue weighted by molar-refractivity contribution is 5.86. The Kier molecular flexibility index (Phi) is 5.42. The SMILES string of the molecule is C=C=CC1(Cc2ccccc2)CC(CCCc2cnc(C)cn2)=NO1. The Bertz CT molecular complexity index is 777. The van der Waals surface area contributed by atoms with E-state index in [4.69, 9.17) is 4.84 Å². The van der Waals surface area contributed by atoms with Gasteiger partial charge in [-0.15, -0.1) is 5.73 Å². The molecule has 1 unspecified atom stereocenters. The lowest BCUT2D eigenvalue weighted by atomic mass is 9.88. The second kappa shape index (κ2) is 7.91. The lowest BCUT2D eigenvalue weighted by Gasteiger charge is -2.22. The molecule has 0 saturated carbocycles. The van der Waals surface area contributed by atoms with Crippen LogP contribution in [0.25, 0.3) is 0 Å². The van der Waals surface area contributed by atoms with Crippen LogP contribution in [0.4, 0.5) is 0 Å². The van der Waals surface area contributed by atoms with Crippen LogP contribution in [0.1, 0.15) is 36.2 Å². The summed E-state index contributed by atoms with van der Waals surface area (Å²) in [6.45, 7) is 5.66. The number of nitrogens with zero attached hydrogens (tertiary/aromatic N) is 3. The van der Waals surface area contributed by atoms with Gasteiger partial charge in [-0.3, -0.25) is 9.97 Å². The molecule has 0 radical (unpaired) electrons. The Morgan fingerprint density at radius 3 is 2.76 bits per heavy atom. The van der Waals surface area contributed by atoms with Crippen LogP contribution in [0.5, 0.6) is 0 Å². The highest BCUT2D eigenvalue weighted by Gasteiger charge is 2.36. The van der Waals surface area contributed by atoms with Gasteiger partial charge in [-0.25, -0.2) is 0 Å². The van der Waals surface area contributed by atoms with Crippen molar-refractivity contribution in [1.29, 1.82) is 0 Å². The molecule has 25 heavy (non-hydrogen) atoms. The fourth-order valence-corrected chi connectivity index (χ4v) is 3.07. The zero-order valence-electron chi connectivity index (χ0n) is 14.6. The third-order valence-corrected chi connectivity index (χ3v) is 4.30. The van der Waals surface area contributed by atoms with Crippen molar-refractivity contribution < 1.29 is 4.84 Å². The number of aromatic nitrogens is 2. The average molecular weight is 333 g/mol. The van der Waals surface area contributed by atoms with Crippen LogP contribution < -0.4 is 0 Å². The van der Waals surface area contributed by atoms with Crippen molar-refractivity contribution >= 4 is 5.71 Å². The largest absolute Gasteiger partial charge is 0.384 e. The van der Waals surface area contributed by atoms with Crippen LogP contribution in [0.15, 0.2) is 66.3 Å². The molecule has 2 heterocycles. The summed E-state index contributed by atoms with van der Waals surface area (Å²) in [5.74, 6) is 0. The predicted molar refractivity (Wildman–Crippen MR) is 99.4 cm³/mol. The van der Waals surface area contributed by atoms with Gasteiger partial charge in [0.15, 0.2) is 5.60 Å². The van der Waals surface area contributed by atoms with Gasteiger partial charge in [0.1, 0.15) is 0 Å². The standard InChI is InChI=1S/C21H23N3O/c1-3-12-21(13-18-8-5-4-6-9-18)14-19(24-25-21)10-7-11-20-16-22-17(2)15-23-20/h4-6,8-9,12,15-16H,1,7,10-11,13-14H2,2H3. The van der Waals surface area contributed by atoms with Gasteiger partial charge in [0.05, 0.1) is 17.1 Å². The molecule has 1 aliphatic heterocycles. The van der Waals surface area contributed by atoms with Gasteiger partial charge in [-0.1, -0.05) is 42.1 Å². The lowest BCUT2D eigenvalue weighted by molar-refractivity contribution is 0.0215. The second-order valence-corrected chi connectivity index (χ2v) is 6.50. The summed E-state index contributed by atoms with van der Waals surface area (Å²) in [6, 6.07) is 10.3. The zero-order chi connectivity index (χ0) is 17.5. The maximum absolute atomic E-state index is 5.82. The number of rotatable bonds is 7. The van der Waals surface area contributed by atoms with Crippen molar-refractivity contribution in [3.8, 4) is 0 Å². The quantitative estimate of drug-likeness (QED) is 0.713. The van der Waals surface area contributed by atoms with E-state index in [1.54, 1.807) is 0 Å². The van der Waals surface area contributed by atoms with E-state index < -0.39 is 5.60 Å². The molecular formula is C21H23N3O. The first-order chi connectivity index (χ1) is 12.2. The molecule has 4 nitrogen and oxygen atoms in total. The molecule has 3 rings (SSSR count). The van der Waals surface area contributed by atoms with Crippen LogP contribution >= 0.6 is 0 Å². The second-order valence-electron chi connectivity index (χ2n) is 6.50. The van der Waals surface area contributed by atoms with Gasteiger partial charge < -0.3 is 4.84 Å². The topological polar surface area (TPSA) is 47.4 Å². The molecular weight excluding hydrogens is 310 g/mol. The molecule has 0 saturated heterocycles. The third-order valence-electron chi connectivity index (χ3n) is 4.30. The van der Waals surface area contributed by atoms with Crippen molar-refractivity contribution in [3.05, 3.63) is 78.1 Å². The number of hydrogen-bond acceptors (Lipinski definition) is 4. The minimum atomic E-state index is -0.456. The Morgan fingerprint density at radius 1 is 1.20 bits per heavy atom. The van der Waals surface area contributed by atoms with Gasteiger partial charge in [0.2, 0.25) is 0 Å². The Hall–Kier alpha value is -2.71. The van der Waals surface area contributed by atoms with Gasteiger partial charge in [-0.05, 0) is 31.7 Å². The fraction of sp³-hybridized carbons (Fsp3) is 0.333. The minimum absolute atomic E-state index is 0.456. The summed E-state index contributed by atoms with van der Waals surface area (Å²) in [4.78, 5) is 14.5. The van der Waals surface area contributed by atoms with E-state index in [-0.39, 0.29) is 0 Å². The van der Waals surface area contributed by atoms with Crippen LogP contribution in [-0.2, 0) is 17.7 Å². The molecule has 1 atom stereocenters. The number of aryl methyl sites for hydroxylation is 2. The maximum Gasteiger partial charge on any atom is 0.172 e. The summed E-state index contributed by atoms with van der Waals surface area (Å²) < 4.78 is 0. The van der Waals surface area contributed by atoms with Gasteiger partial charge >= 0.3 is 0 Å². The molecule has 0 N–H and O–H groups in total. The monoisotopic (exact) mass is 333 g/mol. The molecule has 1 aromatic carbocycles. The van der Waals surface area contributed by atoms with E-state index >= 15 is 0 Å². The van der Waals surface area contributed by atoms with Crippen LogP contribution in [0.3, 0.4) is 0 Å². The smallest absolute Gasteiger partial charge is 0.172 e. The van der Waals surface area contributed by atoms with Gasteiger partial charge in [0.25, 0.3) is 0 Å². The first-order valence-electron chi connectivity index (χ1n) is 8.61. The summed E-state index contributed by atoms with van der Waals surface area (Å²) in [5.41, 5.74) is 6.70. The van der Waals surface area contributed by atoms with Crippen LogP contribution in [0.2, 0.25) is 0 Å². The molecule has 0 aliphatic carbocycles. The minimum Gasteiger partial charge on any atom is -0.384 e. The van der Waals surface area contributed by atoms with Gasteiger partial charge in [0, 0.05) is 31.3 Å². The summed E-state index contributed by atoms with van der Waals surface area (Å²) in [5, 5.41) is 4.33. The third kappa shape index (κ3) is 4.65. The molecule has 2 aromatic rings. The van der Waals surface area contributed by atoms with E-state index in [2.05, 4.69) is 39.6 Å². The van der Waals surface area contributed by atoms with Crippen LogP contribution in [0, 0.1) is 6.92 Å². The highest BCUT2D eigenvalue weighted by atomic mass is 16.7. The number of hydrogen-bond donors (Lipinski definition) is 0. The Morgan fingerprint density at radius 2 is 2.04 bits per heavy atom. The molecule has 1 aromatic heterocycles. The number of oxime groups is 1. The average Bonchev–Trinajstić information content (AvgIpc) is 3.01. The van der Waals surface area contributed by atoms with E-state index in [1.165, 1.54) is 5.56 Å². The predicted octanol–water partition coefficient (Wildman–Crippen LogP) is 4.21. The van der Waals surface area contributed by atoms with E-state index in [0.29, 0.717) is 0 Å². The number of benzene rings is 1. The summed E-state index contributed by atoms with van der Waals surface area (Å²) in [7, 11) is 0. The first kappa shape index (κ1) is 17.1. The highest BCUT2D eigenvalue weighted by Crippen LogP contribution is 2.31. The molecule has 0 bridgehead atoms. The van der Waals surface area contributed by atoms with E-state index in [1.807, 2.05) is 43.6 Å². The summed E-state index contributed by atoms with van der Waals surface area (Å²) >= 11 is 0. The van der Waals surface area contributed by atoms with Crippen molar-refractivity contribution in [2.45, 2.75) is 44.6 Å². The molecule has 0 spiro atoms. The molecule has 0 amide bonds. The van der Waals surface area contributed by atoms with Crippen molar-refractivity contribution in [2.24, 2.45) is 5.16 Å². The molecule has 128 valence electrons. The van der Waals surface area contributed by atoms with Gasteiger partial charge in [-0.2, -0.15) is 0 Å².